The minimum atomic E-state index is -3.15. The van der Waals surface area contributed by atoms with Crippen molar-refractivity contribution in [3.8, 4) is 5.75 Å². The highest BCUT2D eigenvalue weighted by molar-refractivity contribution is 7.89. The lowest BCUT2D eigenvalue weighted by Gasteiger charge is -2.25. The normalized spacial score (nSPS) is 12.4. The van der Waals surface area contributed by atoms with Gasteiger partial charge in [-0.3, -0.25) is 0 Å². The van der Waals surface area contributed by atoms with E-state index in [0.29, 0.717) is 6.54 Å². The zero-order valence-electron chi connectivity index (χ0n) is 11.4. The van der Waals surface area contributed by atoms with Gasteiger partial charge in [-0.15, -0.1) is 0 Å². The number of benzene rings is 1. The van der Waals surface area contributed by atoms with Crippen molar-refractivity contribution < 1.29 is 13.2 Å². The van der Waals surface area contributed by atoms with Gasteiger partial charge in [0.25, 0.3) is 0 Å². The molecule has 0 radical (unpaired) electrons. The van der Waals surface area contributed by atoms with Crippen LogP contribution in [0.25, 0.3) is 0 Å². The maximum Gasteiger partial charge on any atom is 0.211 e. The Morgan fingerprint density at radius 2 is 1.78 bits per heavy atom. The summed E-state index contributed by atoms with van der Waals surface area (Å²) in [6.45, 7) is 6.03. The molecule has 0 aromatic heterocycles. The molecular weight excluding hydrogens is 250 g/mol. The van der Waals surface area contributed by atoms with Gasteiger partial charge in [0.05, 0.1) is 12.9 Å². The van der Waals surface area contributed by atoms with Crippen LogP contribution in [0.15, 0.2) is 24.3 Å². The molecule has 5 heteroatoms. The van der Waals surface area contributed by atoms with Gasteiger partial charge >= 0.3 is 0 Å². The summed E-state index contributed by atoms with van der Waals surface area (Å²) in [5.74, 6) is 0.898. The second-order valence-electron chi connectivity index (χ2n) is 4.84. The van der Waals surface area contributed by atoms with Gasteiger partial charge in [-0.05, 0) is 24.6 Å². The maximum atomic E-state index is 11.4. The van der Waals surface area contributed by atoms with Crippen LogP contribution in [0.2, 0.25) is 0 Å². The fraction of sp³-hybridized carbons (Fsp3) is 0.538. The Morgan fingerprint density at radius 3 is 2.22 bits per heavy atom. The molecule has 0 unspecified atom stereocenters. The Kier molecular flexibility index (Phi) is 4.76. The Labute approximate surface area is 109 Å². The number of rotatable bonds is 6. The molecule has 1 N–H and O–H groups in total. The third kappa shape index (κ3) is 3.99. The fourth-order valence-electron chi connectivity index (χ4n) is 1.54. The molecule has 0 fully saturated rings. The van der Waals surface area contributed by atoms with Crippen LogP contribution in [-0.4, -0.2) is 27.8 Å². The first kappa shape index (κ1) is 15.0. The quantitative estimate of drug-likeness (QED) is 0.860. The molecule has 0 amide bonds. The van der Waals surface area contributed by atoms with Crippen molar-refractivity contribution in [2.75, 3.05) is 19.4 Å². The molecule has 0 aliphatic rings. The smallest absolute Gasteiger partial charge is 0.211 e. The van der Waals surface area contributed by atoms with Crippen LogP contribution in [0.1, 0.15) is 26.3 Å². The summed E-state index contributed by atoms with van der Waals surface area (Å²) >= 11 is 0. The number of ether oxygens (including phenoxy) is 1. The van der Waals surface area contributed by atoms with Crippen molar-refractivity contribution in [3.63, 3.8) is 0 Å². The lowest BCUT2D eigenvalue weighted by atomic mass is 9.85. The molecule has 0 aliphatic carbocycles. The molecule has 4 nitrogen and oxygen atoms in total. The van der Waals surface area contributed by atoms with Crippen molar-refractivity contribution in [2.24, 2.45) is 0 Å². The zero-order valence-corrected chi connectivity index (χ0v) is 12.2. The molecule has 0 atom stereocenters. The van der Waals surface area contributed by atoms with Gasteiger partial charge in [-0.25, -0.2) is 13.1 Å². The van der Waals surface area contributed by atoms with Gasteiger partial charge in [-0.2, -0.15) is 0 Å². The molecule has 1 aromatic carbocycles. The molecule has 102 valence electrons. The highest BCUT2D eigenvalue weighted by Gasteiger charge is 2.22. The molecule has 1 rings (SSSR count). The Balaban J connectivity index is 2.79. The highest BCUT2D eigenvalue weighted by Crippen LogP contribution is 2.24. The van der Waals surface area contributed by atoms with Crippen LogP contribution in [0.3, 0.4) is 0 Å². The van der Waals surface area contributed by atoms with Crippen molar-refractivity contribution in [1.82, 2.24) is 4.72 Å². The average Bonchev–Trinajstić information content (AvgIpc) is 2.37. The first-order chi connectivity index (χ1) is 8.30. The molecule has 0 bridgehead atoms. The monoisotopic (exact) mass is 271 g/mol. The number of sulfonamides is 1. The van der Waals surface area contributed by atoms with Gasteiger partial charge in [0.2, 0.25) is 10.0 Å². The summed E-state index contributed by atoms with van der Waals surface area (Å²) in [5.41, 5.74) is 0.816. The second-order valence-corrected chi connectivity index (χ2v) is 6.93. The number of hydrogen-bond acceptors (Lipinski definition) is 3. The van der Waals surface area contributed by atoms with Crippen molar-refractivity contribution >= 4 is 10.0 Å². The number of methoxy groups -OCH3 is 1. The molecule has 0 spiro atoms. The predicted molar refractivity (Wildman–Crippen MR) is 73.5 cm³/mol. The SMILES string of the molecule is CCS(=O)(=O)NCC(C)(C)c1ccc(OC)cc1. The number of hydrogen-bond donors (Lipinski definition) is 1. The van der Waals surface area contributed by atoms with Gasteiger partial charge in [0.15, 0.2) is 0 Å². The van der Waals surface area contributed by atoms with E-state index in [4.69, 9.17) is 4.74 Å². The van der Waals surface area contributed by atoms with Crippen LogP contribution in [0, 0.1) is 0 Å². The van der Waals surface area contributed by atoms with E-state index in [1.165, 1.54) is 0 Å². The van der Waals surface area contributed by atoms with E-state index in [1.54, 1.807) is 14.0 Å². The highest BCUT2D eigenvalue weighted by atomic mass is 32.2. The fourth-order valence-corrected chi connectivity index (χ4v) is 2.32. The van der Waals surface area contributed by atoms with E-state index in [2.05, 4.69) is 4.72 Å². The number of nitrogens with one attached hydrogen (secondary N) is 1. The molecule has 18 heavy (non-hydrogen) atoms. The third-order valence-electron chi connectivity index (χ3n) is 2.99. The summed E-state index contributed by atoms with van der Waals surface area (Å²) in [4.78, 5) is 0. The van der Waals surface area contributed by atoms with E-state index >= 15 is 0 Å². The first-order valence-corrected chi connectivity index (χ1v) is 7.58. The lowest BCUT2D eigenvalue weighted by Crippen LogP contribution is -2.37. The summed E-state index contributed by atoms with van der Waals surface area (Å²) < 4.78 is 30.6. The van der Waals surface area contributed by atoms with Crippen LogP contribution in [-0.2, 0) is 15.4 Å². The molecule has 0 saturated heterocycles. The molecule has 0 saturated carbocycles. The van der Waals surface area contributed by atoms with Crippen LogP contribution >= 0.6 is 0 Å². The Hall–Kier alpha value is -1.07. The van der Waals surface area contributed by atoms with Gasteiger partial charge in [0, 0.05) is 12.0 Å². The maximum absolute atomic E-state index is 11.4. The van der Waals surface area contributed by atoms with E-state index in [0.717, 1.165) is 11.3 Å². The molecular formula is C13H21NO3S. The molecule has 0 aliphatic heterocycles. The van der Waals surface area contributed by atoms with Gasteiger partial charge < -0.3 is 4.74 Å². The van der Waals surface area contributed by atoms with E-state index in [9.17, 15) is 8.42 Å². The molecule has 0 heterocycles. The van der Waals surface area contributed by atoms with Crippen molar-refractivity contribution in [1.29, 1.82) is 0 Å². The Bertz CT molecular complexity index is 477. The Morgan fingerprint density at radius 1 is 1.22 bits per heavy atom. The minimum absolute atomic E-state index is 0.103. The van der Waals surface area contributed by atoms with E-state index < -0.39 is 10.0 Å². The minimum Gasteiger partial charge on any atom is -0.497 e. The van der Waals surface area contributed by atoms with Crippen molar-refractivity contribution in [2.45, 2.75) is 26.2 Å². The predicted octanol–water partition coefficient (Wildman–Crippen LogP) is 1.91. The average molecular weight is 271 g/mol. The first-order valence-electron chi connectivity index (χ1n) is 5.92. The van der Waals surface area contributed by atoms with Crippen molar-refractivity contribution in [3.05, 3.63) is 29.8 Å². The van der Waals surface area contributed by atoms with Crippen LogP contribution in [0.4, 0.5) is 0 Å². The summed E-state index contributed by atoms with van der Waals surface area (Å²) in [6.07, 6.45) is 0. The van der Waals surface area contributed by atoms with E-state index in [-0.39, 0.29) is 11.2 Å². The molecule has 1 aromatic rings. The van der Waals surface area contributed by atoms with Crippen LogP contribution in [0.5, 0.6) is 5.75 Å². The van der Waals surface area contributed by atoms with E-state index in [1.807, 2.05) is 38.1 Å². The topological polar surface area (TPSA) is 55.4 Å². The standard InChI is InChI=1S/C13H21NO3S/c1-5-18(15,16)14-10-13(2,3)11-6-8-12(17-4)9-7-11/h6-9,14H,5,10H2,1-4H3. The summed E-state index contributed by atoms with van der Waals surface area (Å²) in [7, 11) is -1.53. The van der Waals surface area contributed by atoms with Gasteiger partial charge in [0.1, 0.15) is 5.75 Å². The summed E-state index contributed by atoms with van der Waals surface area (Å²) in [5, 5.41) is 0. The third-order valence-corrected chi connectivity index (χ3v) is 4.33. The lowest BCUT2D eigenvalue weighted by molar-refractivity contribution is 0.414. The summed E-state index contributed by atoms with van der Waals surface area (Å²) in [6, 6.07) is 7.68. The zero-order chi connectivity index (χ0) is 13.8. The largest absolute Gasteiger partial charge is 0.497 e. The van der Waals surface area contributed by atoms with Gasteiger partial charge in [-0.1, -0.05) is 26.0 Å². The van der Waals surface area contributed by atoms with Crippen LogP contribution < -0.4 is 9.46 Å². The second kappa shape index (κ2) is 5.71.